The first kappa shape index (κ1) is 21.2. The molecule has 0 bridgehead atoms. The summed E-state index contributed by atoms with van der Waals surface area (Å²) in [6.07, 6.45) is 6.37. The van der Waals surface area contributed by atoms with E-state index in [4.69, 9.17) is 0 Å². The average molecular weight is 409 g/mol. The Morgan fingerprint density at radius 3 is 2.28 bits per heavy atom. The maximum atomic E-state index is 13.3. The van der Waals surface area contributed by atoms with Crippen molar-refractivity contribution in [3.05, 3.63) is 95.3 Å². The summed E-state index contributed by atoms with van der Waals surface area (Å²) in [6, 6.07) is 19.5. The third-order valence-electron chi connectivity index (χ3n) is 4.91. The number of benzene rings is 2. The van der Waals surface area contributed by atoms with Crippen molar-refractivity contribution in [1.82, 2.24) is 9.29 Å². The van der Waals surface area contributed by atoms with Gasteiger partial charge in [0.05, 0.1) is 0 Å². The van der Waals surface area contributed by atoms with E-state index >= 15 is 0 Å². The number of nitrogens with zero attached hydrogens (tertiary/aromatic N) is 2. The van der Waals surface area contributed by atoms with Crippen LogP contribution in [-0.2, 0) is 29.5 Å². The molecule has 5 heteroatoms. The Labute approximate surface area is 174 Å². The number of unbranched alkanes of at least 4 members (excludes halogenated alkanes) is 1. The number of aryl methyl sites for hydroxylation is 2. The fraction of sp³-hybridized carbons (Fsp3) is 0.292. The maximum Gasteiger partial charge on any atom is 0.245 e. The fourth-order valence-electron chi connectivity index (χ4n) is 3.28. The van der Waals surface area contributed by atoms with Crippen molar-refractivity contribution in [1.29, 1.82) is 0 Å². The molecule has 1 heterocycles. The molecule has 0 amide bonds. The molecule has 0 aliphatic heterocycles. The minimum Gasteiger partial charge on any atom is -0.263 e. The largest absolute Gasteiger partial charge is 0.263 e. The summed E-state index contributed by atoms with van der Waals surface area (Å²) in [4.78, 5) is 4.21. The van der Waals surface area contributed by atoms with E-state index in [2.05, 4.69) is 24.0 Å². The molecule has 29 heavy (non-hydrogen) atoms. The molecule has 0 atom stereocenters. The quantitative estimate of drug-likeness (QED) is 0.493. The van der Waals surface area contributed by atoms with Crippen molar-refractivity contribution in [3.63, 3.8) is 0 Å². The van der Waals surface area contributed by atoms with Crippen molar-refractivity contribution in [2.24, 2.45) is 0 Å². The highest BCUT2D eigenvalue weighted by Gasteiger charge is 2.25. The molecule has 4 nitrogen and oxygen atoms in total. The zero-order chi connectivity index (χ0) is 20.7. The molecule has 3 aromatic rings. The van der Waals surface area contributed by atoms with Gasteiger partial charge in [-0.2, -0.15) is 4.31 Å². The van der Waals surface area contributed by atoms with Crippen molar-refractivity contribution in [2.45, 2.75) is 51.1 Å². The van der Waals surface area contributed by atoms with Gasteiger partial charge in [0.25, 0.3) is 0 Å². The van der Waals surface area contributed by atoms with Crippen LogP contribution < -0.4 is 0 Å². The molecule has 3 rings (SSSR count). The SMILES string of the molecule is CCCCc1ccc(CN(Cc2cccc(C)c2)S(=O)(=O)c2cccnc2)cc1. The standard InChI is InChI=1S/C24H28N2O2S/c1-3-4-8-21-11-13-22(14-12-21)18-26(19-23-9-5-7-20(2)16-23)29(27,28)24-10-6-15-25-17-24/h5-7,9-17H,3-4,8,18-19H2,1-2H3. The smallest absolute Gasteiger partial charge is 0.245 e. The Balaban J connectivity index is 1.88. The molecule has 0 N–H and O–H groups in total. The first-order chi connectivity index (χ1) is 14.0. The molecule has 0 saturated carbocycles. The Hall–Kier alpha value is -2.50. The van der Waals surface area contributed by atoms with Gasteiger partial charge in [0.1, 0.15) is 4.90 Å². The van der Waals surface area contributed by atoms with Crippen LogP contribution in [0.25, 0.3) is 0 Å². The lowest BCUT2D eigenvalue weighted by molar-refractivity contribution is 0.401. The number of rotatable bonds is 9. The first-order valence-corrected chi connectivity index (χ1v) is 11.5. The molecule has 0 aliphatic rings. The van der Waals surface area contributed by atoms with E-state index in [1.807, 2.05) is 43.3 Å². The van der Waals surface area contributed by atoms with Gasteiger partial charge in [-0.05, 0) is 48.6 Å². The summed E-state index contributed by atoms with van der Waals surface area (Å²) in [5.74, 6) is 0. The number of hydrogen-bond acceptors (Lipinski definition) is 3. The molecule has 152 valence electrons. The Kier molecular flexibility index (Phi) is 7.18. The monoisotopic (exact) mass is 408 g/mol. The Bertz CT molecular complexity index is 1020. The highest BCUT2D eigenvalue weighted by Crippen LogP contribution is 2.21. The van der Waals surface area contributed by atoms with Gasteiger partial charge >= 0.3 is 0 Å². The molecule has 2 aromatic carbocycles. The zero-order valence-corrected chi connectivity index (χ0v) is 17.9. The minimum atomic E-state index is -3.66. The van der Waals surface area contributed by atoms with Gasteiger partial charge in [0, 0.05) is 25.5 Å². The van der Waals surface area contributed by atoms with Crippen molar-refractivity contribution < 1.29 is 8.42 Å². The molecular weight excluding hydrogens is 380 g/mol. The summed E-state index contributed by atoms with van der Waals surface area (Å²) >= 11 is 0. The second-order valence-electron chi connectivity index (χ2n) is 7.37. The van der Waals surface area contributed by atoms with Gasteiger partial charge in [0.2, 0.25) is 10.0 Å². The number of sulfonamides is 1. The van der Waals surface area contributed by atoms with Gasteiger partial charge in [0.15, 0.2) is 0 Å². The van der Waals surface area contributed by atoms with Crippen LogP contribution in [0.4, 0.5) is 0 Å². The zero-order valence-electron chi connectivity index (χ0n) is 17.1. The van der Waals surface area contributed by atoms with Crippen LogP contribution >= 0.6 is 0 Å². The van der Waals surface area contributed by atoms with E-state index < -0.39 is 10.0 Å². The highest BCUT2D eigenvalue weighted by atomic mass is 32.2. The topological polar surface area (TPSA) is 50.3 Å². The maximum absolute atomic E-state index is 13.3. The van der Waals surface area contributed by atoms with Gasteiger partial charge in [-0.1, -0.05) is 67.4 Å². The summed E-state index contributed by atoms with van der Waals surface area (Å²) in [6.45, 7) is 4.83. The average Bonchev–Trinajstić information content (AvgIpc) is 2.73. The normalized spacial score (nSPS) is 11.7. The summed E-state index contributed by atoms with van der Waals surface area (Å²) in [5.41, 5.74) is 4.35. The van der Waals surface area contributed by atoms with Crippen LogP contribution in [0.1, 0.15) is 42.0 Å². The second-order valence-corrected chi connectivity index (χ2v) is 9.31. The van der Waals surface area contributed by atoms with Gasteiger partial charge < -0.3 is 0 Å². The fourth-order valence-corrected chi connectivity index (χ4v) is 4.67. The molecule has 0 saturated heterocycles. The second kappa shape index (κ2) is 9.81. The predicted molar refractivity (Wildman–Crippen MR) is 117 cm³/mol. The van der Waals surface area contributed by atoms with Gasteiger partial charge in [-0.15, -0.1) is 0 Å². The first-order valence-electron chi connectivity index (χ1n) is 10.0. The molecule has 0 unspecified atom stereocenters. The molecule has 0 spiro atoms. The van der Waals surface area contributed by atoms with Crippen molar-refractivity contribution in [2.75, 3.05) is 0 Å². The van der Waals surface area contributed by atoms with Crippen molar-refractivity contribution >= 4 is 10.0 Å². The van der Waals surface area contributed by atoms with E-state index in [1.54, 1.807) is 18.3 Å². The lowest BCUT2D eigenvalue weighted by atomic mass is 10.1. The van der Waals surface area contributed by atoms with Crippen LogP contribution in [0, 0.1) is 6.92 Å². The van der Waals surface area contributed by atoms with Gasteiger partial charge in [-0.25, -0.2) is 8.42 Å². The van der Waals surface area contributed by atoms with E-state index in [0.29, 0.717) is 13.1 Å². The third-order valence-corrected chi connectivity index (χ3v) is 6.69. The molecule has 0 radical (unpaired) electrons. The van der Waals surface area contributed by atoms with Crippen LogP contribution in [0.2, 0.25) is 0 Å². The van der Waals surface area contributed by atoms with E-state index in [9.17, 15) is 8.42 Å². The van der Waals surface area contributed by atoms with E-state index in [-0.39, 0.29) is 4.90 Å². The van der Waals surface area contributed by atoms with Crippen molar-refractivity contribution in [3.8, 4) is 0 Å². The summed E-state index contributed by atoms with van der Waals surface area (Å²) in [7, 11) is -3.66. The number of hydrogen-bond donors (Lipinski definition) is 0. The van der Waals surface area contributed by atoms with Crippen LogP contribution in [0.5, 0.6) is 0 Å². The lowest BCUT2D eigenvalue weighted by Gasteiger charge is -2.23. The lowest BCUT2D eigenvalue weighted by Crippen LogP contribution is -2.30. The van der Waals surface area contributed by atoms with E-state index in [0.717, 1.165) is 36.0 Å². The van der Waals surface area contributed by atoms with Crippen LogP contribution in [-0.4, -0.2) is 17.7 Å². The third kappa shape index (κ3) is 5.75. The number of pyridine rings is 1. The molecular formula is C24H28N2O2S. The van der Waals surface area contributed by atoms with Crippen LogP contribution in [0.3, 0.4) is 0 Å². The van der Waals surface area contributed by atoms with E-state index in [1.165, 1.54) is 16.1 Å². The minimum absolute atomic E-state index is 0.215. The highest BCUT2D eigenvalue weighted by molar-refractivity contribution is 7.89. The Morgan fingerprint density at radius 2 is 1.62 bits per heavy atom. The molecule has 0 aliphatic carbocycles. The number of aromatic nitrogens is 1. The van der Waals surface area contributed by atoms with Gasteiger partial charge in [-0.3, -0.25) is 4.98 Å². The predicted octanol–water partition coefficient (Wildman–Crippen LogP) is 5.12. The van der Waals surface area contributed by atoms with Crippen LogP contribution in [0.15, 0.2) is 78.0 Å². The summed E-state index contributed by atoms with van der Waals surface area (Å²) in [5, 5.41) is 0. The Morgan fingerprint density at radius 1 is 0.897 bits per heavy atom. The molecule has 1 aromatic heterocycles. The summed E-state index contributed by atoms with van der Waals surface area (Å²) < 4.78 is 28.2. The molecule has 0 fully saturated rings.